The van der Waals surface area contributed by atoms with Crippen LogP contribution in [0.15, 0.2) is 205 Å². The monoisotopic (exact) mass is 1270 g/mol. The largest absolute Gasteiger partial charge is 0.480 e. The van der Waals surface area contributed by atoms with Crippen LogP contribution in [0.25, 0.3) is 0 Å². The normalized spacial score (nSPS) is 14.0. The molecule has 85 heavy (non-hydrogen) atoms. The van der Waals surface area contributed by atoms with E-state index in [0.29, 0.717) is 25.0 Å². The topological polar surface area (TPSA) is 111 Å². The second-order valence-electron chi connectivity index (χ2n) is 21.5. The molecule has 4 heterocycles. The van der Waals surface area contributed by atoms with Gasteiger partial charge >= 0.3 is 5.97 Å². The van der Waals surface area contributed by atoms with Crippen LogP contribution in [0.1, 0.15) is 81.7 Å². The zero-order valence-electron chi connectivity index (χ0n) is 49.8. The van der Waals surface area contributed by atoms with Gasteiger partial charge in [-0.15, -0.1) is 0 Å². The zero-order valence-corrected chi connectivity index (χ0v) is 53.7. The fourth-order valence-electron chi connectivity index (χ4n) is 9.67. The molecule has 0 radical (unpaired) electrons. The minimum absolute atomic E-state index is 0.159. The van der Waals surface area contributed by atoms with Crippen LogP contribution in [0.4, 0.5) is 0 Å². The maximum Gasteiger partial charge on any atom is 0.329 e. The van der Waals surface area contributed by atoms with Gasteiger partial charge < -0.3 is 29.3 Å². The fraction of sp³-hybridized carbons (Fsp3) is 0.333. The molecule has 0 bridgehead atoms. The van der Waals surface area contributed by atoms with Crippen molar-refractivity contribution in [2.75, 3.05) is 114 Å². The third-order valence-electron chi connectivity index (χ3n) is 14.2. The number of ether oxygens (including phenoxy) is 2. The van der Waals surface area contributed by atoms with Gasteiger partial charge in [0, 0.05) is 101 Å². The maximum atomic E-state index is 10.5. The van der Waals surface area contributed by atoms with Gasteiger partial charge in [0.2, 0.25) is 0 Å². The number of halogens is 4. The molecule has 450 valence electrons. The Labute approximate surface area is 528 Å². The van der Waals surface area contributed by atoms with Crippen LogP contribution in [0.2, 0.25) is 15.1 Å². The van der Waals surface area contributed by atoms with Gasteiger partial charge in [-0.1, -0.05) is 148 Å². The van der Waals surface area contributed by atoms with Crippen molar-refractivity contribution < 1.29 is 19.4 Å². The summed E-state index contributed by atoms with van der Waals surface area (Å²) in [4.78, 5) is 35.3. The standard InChI is InChI=1S/C21H25ClN2O3.C16H19BrN2.C16H19ClN2O.C16H19ClN2/c22-19-8-6-18(7-9-19)21(17-4-2-1-3-5-17)24-12-10-23(11-13-24)14-15-27-16-20(25)26;1-19(2)12-10-15(16-5-3-4-11-18-16)13-6-8-14(17)9-7-13;1-19(2)11-12-20-16(15-5-3-4-10-18-15)13-6-8-14(17)9-7-13;1-19(2)12-10-15(16-5-3-4-11-18-16)13-6-8-14(17)9-7-13/h1-9,21H,10-16H2,(H,25,26);3-9,11,15H,10,12H2,1-2H3;3-10,16H,11-12H2,1-2H3;3-9,11,15H,10,12H2,1-2H3. The first-order valence-electron chi connectivity index (χ1n) is 28.7. The first kappa shape index (κ1) is 68.2. The smallest absolute Gasteiger partial charge is 0.329 e. The van der Waals surface area contributed by atoms with Crippen molar-refractivity contribution in [2.24, 2.45) is 0 Å². The van der Waals surface area contributed by atoms with E-state index in [0.717, 1.165) is 107 Å². The van der Waals surface area contributed by atoms with Gasteiger partial charge in [-0.25, -0.2) is 4.79 Å². The Bertz CT molecular complexity index is 2960. The van der Waals surface area contributed by atoms with Crippen molar-refractivity contribution in [3.8, 4) is 0 Å². The Balaban J connectivity index is 0.000000184. The Morgan fingerprint density at radius 1 is 0.506 bits per heavy atom. The highest BCUT2D eigenvalue weighted by Crippen LogP contribution is 2.32. The Morgan fingerprint density at radius 2 is 0.918 bits per heavy atom. The lowest BCUT2D eigenvalue weighted by molar-refractivity contribution is -0.142. The maximum absolute atomic E-state index is 10.5. The second-order valence-corrected chi connectivity index (χ2v) is 23.7. The molecule has 0 spiro atoms. The quantitative estimate of drug-likeness (QED) is 0.0582. The van der Waals surface area contributed by atoms with Crippen molar-refractivity contribution in [3.05, 3.63) is 265 Å². The molecule has 12 nitrogen and oxygen atoms in total. The molecule has 1 N–H and O–H groups in total. The molecule has 16 heteroatoms. The van der Waals surface area contributed by atoms with Gasteiger partial charge in [-0.3, -0.25) is 24.8 Å². The number of rotatable bonds is 24. The highest BCUT2D eigenvalue weighted by Gasteiger charge is 2.27. The number of aliphatic carboxylic acids is 1. The number of pyridine rings is 3. The molecule has 1 aliphatic rings. The molecule has 0 aliphatic carbocycles. The SMILES string of the molecule is CN(C)CCC(c1ccc(Br)cc1)c1ccccn1.CN(C)CCC(c1ccc(Cl)cc1)c1ccccn1.CN(C)CCOC(c1ccc(Cl)cc1)c1ccccn1.O=C(O)COCCN1CCN(C(c2ccccc2)c2ccc(Cl)cc2)CC1. The number of likely N-dealkylation sites (N-methyl/N-ethyl adjacent to an activating group) is 1. The molecule has 1 saturated heterocycles. The number of carboxylic acid groups (broad SMARTS) is 1. The Morgan fingerprint density at radius 3 is 1.35 bits per heavy atom. The Kier molecular flexibility index (Phi) is 30.2. The summed E-state index contributed by atoms with van der Waals surface area (Å²) in [5.74, 6) is -0.244. The number of hydrogen-bond donors (Lipinski definition) is 1. The number of carboxylic acids is 1. The molecule has 0 saturated carbocycles. The molecule has 4 unspecified atom stereocenters. The van der Waals surface area contributed by atoms with Crippen molar-refractivity contribution in [3.63, 3.8) is 0 Å². The van der Waals surface area contributed by atoms with Crippen molar-refractivity contribution in [1.82, 2.24) is 39.5 Å². The summed E-state index contributed by atoms with van der Waals surface area (Å²) in [6.45, 7) is 8.36. The van der Waals surface area contributed by atoms with E-state index >= 15 is 0 Å². The molecule has 1 fully saturated rings. The van der Waals surface area contributed by atoms with E-state index in [1.807, 2.05) is 117 Å². The third-order valence-corrected chi connectivity index (χ3v) is 15.5. The first-order valence-corrected chi connectivity index (χ1v) is 30.7. The number of nitrogens with zero attached hydrogens (tertiary/aromatic N) is 8. The minimum Gasteiger partial charge on any atom is -0.480 e. The van der Waals surface area contributed by atoms with E-state index in [1.165, 1.54) is 22.3 Å². The summed E-state index contributed by atoms with van der Waals surface area (Å²) >= 11 is 21.5. The summed E-state index contributed by atoms with van der Waals surface area (Å²) in [6.07, 6.45) is 7.48. The molecule has 4 atom stereocenters. The molecule has 5 aromatic carbocycles. The summed E-state index contributed by atoms with van der Waals surface area (Å²) in [5.41, 5.74) is 9.34. The lowest BCUT2D eigenvalue weighted by atomic mass is 9.92. The predicted octanol–water partition coefficient (Wildman–Crippen LogP) is 14.3. The number of hydrogen-bond acceptors (Lipinski definition) is 11. The Hall–Kier alpha value is -5.91. The lowest BCUT2D eigenvalue weighted by Gasteiger charge is -2.39. The minimum atomic E-state index is -0.923. The molecule has 0 amide bonds. The molecule has 1 aliphatic heterocycles. The van der Waals surface area contributed by atoms with E-state index in [-0.39, 0.29) is 18.8 Å². The average Bonchev–Trinajstić information content (AvgIpc) is 3.35. The van der Waals surface area contributed by atoms with Gasteiger partial charge in [0.25, 0.3) is 0 Å². The second kappa shape index (κ2) is 37.6. The number of carbonyl (C=O) groups is 1. The number of piperazine rings is 1. The van der Waals surface area contributed by atoms with Crippen LogP contribution in [0.5, 0.6) is 0 Å². The van der Waals surface area contributed by atoms with Crippen LogP contribution in [0, 0.1) is 0 Å². The zero-order chi connectivity index (χ0) is 60.8. The van der Waals surface area contributed by atoms with Crippen molar-refractivity contribution in [2.45, 2.75) is 36.8 Å². The lowest BCUT2D eigenvalue weighted by Crippen LogP contribution is -2.48. The molecule has 8 aromatic rings. The van der Waals surface area contributed by atoms with Gasteiger partial charge in [0.1, 0.15) is 12.7 Å². The highest BCUT2D eigenvalue weighted by molar-refractivity contribution is 9.10. The summed E-state index contributed by atoms with van der Waals surface area (Å²) < 4.78 is 12.3. The number of benzene rings is 5. The fourth-order valence-corrected chi connectivity index (χ4v) is 10.3. The number of aromatic nitrogens is 3. The predicted molar refractivity (Wildman–Crippen MR) is 352 cm³/mol. The van der Waals surface area contributed by atoms with Gasteiger partial charge in [0.05, 0.1) is 24.9 Å². The van der Waals surface area contributed by atoms with Crippen LogP contribution < -0.4 is 0 Å². The van der Waals surface area contributed by atoms with Gasteiger partial charge in [0.15, 0.2) is 0 Å². The summed E-state index contributed by atoms with van der Waals surface area (Å²) in [7, 11) is 12.5. The molecular formula is C69H82BrCl3N8O4. The highest BCUT2D eigenvalue weighted by atomic mass is 79.9. The van der Waals surface area contributed by atoms with E-state index in [1.54, 1.807) is 6.20 Å². The third kappa shape index (κ3) is 24.8. The van der Waals surface area contributed by atoms with Crippen LogP contribution in [-0.2, 0) is 14.3 Å². The van der Waals surface area contributed by atoms with Gasteiger partial charge in [-0.05, 0) is 181 Å². The van der Waals surface area contributed by atoms with Gasteiger partial charge in [-0.2, -0.15) is 0 Å². The van der Waals surface area contributed by atoms with Crippen LogP contribution in [0.3, 0.4) is 0 Å². The molecular weight excluding hydrogens is 1190 g/mol. The van der Waals surface area contributed by atoms with E-state index in [2.05, 4.69) is 175 Å². The van der Waals surface area contributed by atoms with Crippen molar-refractivity contribution >= 4 is 56.7 Å². The van der Waals surface area contributed by atoms with E-state index in [4.69, 9.17) is 49.4 Å². The molecule has 3 aromatic heterocycles. The molecule has 9 rings (SSSR count). The summed E-state index contributed by atoms with van der Waals surface area (Å²) in [5, 5.41) is 10.9. The van der Waals surface area contributed by atoms with Crippen LogP contribution in [-0.4, -0.2) is 165 Å². The van der Waals surface area contributed by atoms with E-state index in [9.17, 15) is 4.79 Å². The average molecular weight is 1270 g/mol. The van der Waals surface area contributed by atoms with E-state index < -0.39 is 5.97 Å². The first-order chi connectivity index (χ1) is 41.1. The summed E-state index contributed by atoms with van der Waals surface area (Å²) in [6, 6.07) is 61.3. The van der Waals surface area contributed by atoms with Crippen molar-refractivity contribution in [1.29, 1.82) is 0 Å². The van der Waals surface area contributed by atoms with Crippen LogP contribution >= 0.6 is 50.7 Å².